The van der Waals surface area contributed by atoms with Crippen LogP contribution in [-0.4, -0.2) is 28.0 Å². The van der Waals surface area contributed by atoms with E-state index in [9.17, 15) is 9.18 Å². The Morgan fingerprint density at radius 3 is 2.79 bits per heavy atom. The molecule has 28 heavy (non-hydrogen) atoms. The molecule has 0 aliphatic carbocycles. The highest BCUT2D eigenvalue weighted by molar-refractivity contribution is 5.97. The number of aromatic nitrogens is 2. The normalized spacial score (nSPS) is 12.2. The Hall–Kier alpha value is -3.48. The summed E-state index contributed by atoms with van der Waals surface area (Å²) in [6, 6.07) is 13.1. The van der Waals surface area contributed by atoms with Gasteiger partial charge in [0.05, 0.1) is 12.5 Å². The van der Waals surface area contributed by atoms with Crippen molar-refractivity contribution >= 4 is 17.0 Å². The highest BCUT2D eigenvalue weighted by Crippen LogP contribution is 2.23. The Kier molecular flexibility index (Phi) is 4.65. The number of oxazole rings is 1. The molecular weight excluding hydrogens is 361 g/mol. The SMILES string of the molecule is C[C@@H](c1ccon1)N(C)C(=O)c1ccc2nc(Cc3ccccc3F)oc2c1. The van der Waals surface area contributed by atoms with E-state index in [2.05, 4.69) is 10.1 Å². The maximum atomic E-state index is 13.9. The molecule has 6 nitrogen and oxygen atoms in total. The van der Waals surface area contributed by atoms with Crippen LogP contribution in [0, 0.1) is 5.82 Å². The van der Waals surface area contributed by atoms with Crippen molar-refractivity contribution in [1.82, 2.24) is 15.0 Å². The molecule has 0 aliphatic rings. The lowest BCUT2D eigenvalue weighted by Gasteiger charge is -2.23. The maximum Gasteiger partial charge on any atom is 0.254 e. The van der Waals surface area contributed by atoms with Crippen LogP contribution < -0.4 is 0 Å². The molecule has 0 unspecified atom stereocenters. The van der Waals surface area contributed by atoms with Gasteiger partial charge in [0, 0.05) is 18.7 Å². The fraction of sp³-hybridized carbons (Fsp3) is 0.190. The van der Waals surface area contributed by atoms with Crippen molar-refractivity contribution in [2.24, 2.45) is 0 Å². The van der Waals surface area contributed by atoms with Gasteiger partial charge in [-0.15, -0.1) is 0 Å². The van der Waals surface area contributed by atoms with Crippen LogP contribution in [-0.2, 0) is 6.42 Å². The van der Waals surface area contributed by atoms with Gasteiger partial charge in [-0.2, -0.15) is 0 Å². The summed E-state index contributed by atoms with van der Waals surface area (Å²) in [7, 11) is 1.70. The zero-order chi connectivity index (χ0) is 19.7. The molecule has 0 bridgehead atoms. The molecule has 0 radical (unpaired) electrons. The minimum atomic E-state index is -0.302. The van der Waals surface area contributed by atoms with Gasteiger partial charge in [0.1, 0.15) is 23.3 Å². The van der Waals surface area contributed by atoms with Crippen LogP contribution in [0.1, 0.15) is 40.5 Å². The number of fused-ring (bicyclic) bond motifs is 1. The van der Waals surface area contributed by atoms with Gasteiger partial charge in [0.2, 0.25) is 0 Å². The summed E-state index contributed by atoms with van der Waals surface area (Å²) in [4.78, 5) is 18.8. The second-order valence-corrected chi connectivity index (χ2v) is 6.57. The van der Waals surface area contributed by atoms with E-state index in [0.29, 0.717) is 33.8 Å². The molecule has 2 heterocycles. The smallest absolute Gasteiger partial charge is 0.254 e. The Morgan fingerprint density at radius 1 is 1.21 bits per heavy atom. The third-order valence-corrected chi connectivity index (χ3v) is 4.77. The minimum absolute atomic E-state index is 0.176. The Morgan fingerprint density at radius 2 is 2.04 bits per heavy atom. The second-order valence-electron chi connectivity index (χ2n) is 6.57. The van der Waals surface area contributed by atoms with E-state index in [1.54, 1.807) is 54.4 Å². The van der Waals surface area contributed by atoms with Crippen molar-refractivity contribution in [2.75, 3.05) is 7.05 Å². The molecule has 0 saturated carbocycles. The molecule has 7 heteroatoms. The molecule has 142 valence electrons. The first kappa shape index (κ1) is 17.9. The average Bonchev–Trinajstić information content (AvgIpc) is 3.37. The number of carbonyl (C=O) groups excluding carboxylic acids is 1. The molecule has 1 amide bonds. The lowest BCUT2D eigenvalue weighted by atomic mass is 10.1. The molecule has 0 saturated heterocycles. The molecule has 4 aromatic rings. The van der Waals surface area contributed by atoms with E-state index in [-0.39, 0.29) is 24.2 Å². The molecular formula is C21H18FN3O3. The van der Waals surface area contributed by atoms with Gasteiger partial charge in [-0.05, 0) is 36.8 Å². The van der Waals surface area contributed by atoms with E-state index >= 15 is 0 Å². The zero-order valence-corrected chi connectivity index (χ0v) is 15.4. The van der Waals surface area contributed by atoms with E-state index < -0.39 is 0 Å². The van der Waals surface area contributed by atoms with Crippen molar-refractivity contribution < 1.29 is 18.1 Å². The first-order valence-electron chi connectivity index (χ1n) is 8.83. The number of hydrogen-bond acceptors (Lipinski definition) is 5. The summed E-state index contributed by atoms with van der Waals surface area (Å²) < 4.78 is 24.5. The average molecular weight is 379 g/mol. The van der Waals surface area contributed by atoms with Gasteiger partial charge in [-0.1, -0.05) is 23.4 Å². The van der Waals surface area contributed by atoms with Crippen LogP contribution in [0.5, 0.6) is 0 Å². The summed E-state index contributed by atoms with van der Waals surface area (Å²) in [6.45, 7) is 1.87. The highest BCUT2D eigenvalue weighted by atomic mass is 19.1. The lowest BCUT2D eigenvalue weighted by Crippen LogP contribution is -2.29. The summed E-state index contributed by atoms with van der Waals surface area (Å²) in [5.74, 6) is -0.0810. The van der Waals surface area contributed by atoms with E-state index in [4.69, 9.17) is 8.94 Å². The molecule has 0 fully saturated rings. The summed E-state index contributed by atoms with van der Waals surface area (Å²) in [5, 5.41) is 3.89. The van der Waals surface area contributed by atoms with Gasteiger partial charge in [0.15, 0.2) is 11.5 Å². The predicted molar refractivity (Wildman–Crippen MR) is 100 cm³/mol. The number of halogens is 1. The van der Waals surface area contributed by atoms with Crippen molar-refractivity contribution in [3.8, 4) is 0 Å². The molecule has 1 atom stereocenters. The van der Waals surface area contributed by atoms with Crippen molar-refractivity contribution in [3.05, 3.63) is 83.3 Å². The molecule has 0 aliphatic heterocycles. The summed E-state index contributed by atoms with van der Waals surface area (Å²) >= 11 is 0. The van der Waals surface area contributed by atoms with Crippen LogP contribution >= 0.6 is 0 Å². The minimum Gasteiger partial charge on any atom is -0.440 e. The third kappa shape index (κ3) is 3.38. The molecule has 2 aromatic carbocycles. The molecule has 2 aromatic heterocycles. The van der Waals surface area contributed by atoms with Crippen LogP contribution in [0.25, 0.3) is 11.1 Å². The van der Waals surface area contributed by atoms with Gasteiger partial charge >= 0.3 is 0 Å². The first-order valence-corrected chi connectivity index (χ1v) is 8.83. The van der Waals surface area contributed by atoms with Crippen molar-refractivity contribution in [3.63, 3.8) is 0 Å². The number of hydrogen-bond donors (Lipinski definition) is 0. The number of rotatable bonds is 5. The monoisotopic (exact) mass is 379 g/mol. The Bertz CT molecular complexity index is 1120. The van der Waals surface area contributed by atoms with E-state index in [1.165, 1.54) is 12.3 Å². The van der Waals surface area contributed by atoms with Crippen molar-refractivity contribution in [2.45, 2.75) is 19.4 Å². The lowest BCUT2D eigenvalue weighted by molar-refractivity contribution is 0.0737. The summed E-state index contributed by atoms with van der Waals surface area (Å²) in [6.07, 6.45) is 1.72. The maximum absolute atomic E-state index is 13.9. The van der Waals surface area contributed by atoms with E-state index in [0.717, 1.165) is 0 Å². The topological polar surface area (TPSA) is 72.4 Å². The van der Waals surface area contributed by atoms with Gasteiger partial charge in [-0.25, -0.2) is 9.37 Å². The standard InChI is InChI=1S/C21H18FN3O3/c1-13(17-9-10-27-24-17)25(2)21(26)15-7-8-18-19(11-15)28-20(23-18)12-14-5-3-4-6-16(14)22/h3-11,13H,12H2,1-2H3/t13-/m0/s1. The second kappa shape index (κ2) is 7.26. The largest absolute Gasteiger partial charge is 0.440 e. The third-order valence-electron chi connectivity index (χ3n) is 4.77. The Labute approximate surface area is 160 Å². The van der Waals surface area contributed by atoms with E-state index in [1.807, 2.05) is 6.92 Å². The fourth-order valence-electron chi connectivity index (χ4n) is 3.00. The number of benzene rings is 2. The summed E-state index contributed by atoms with van der Waals surface area (Å²) in [5.41, 5.74) is 2.75. The Balaban J connectivity index is 1.57. The van der Waals surface area contributed by atoms with Gasteiger partial charge < -0.3 is 13.8 Å². The zero-order valence-electron chi connectivity index (χ0n) is 15.4. The molecule has 4 rings (SSSR count). The fourth-order valence-corrected chi connectivity index (χ4v) is 3.00. The number of carbonyl (C=O) groups is 1. The predicted octanol–water partition coefficient (Wildman–Crippen LogP) is 4.38. The van der Waals surface area contributed by atoms with Gasteiger partial charge in [-0.3, -0.25) is 4.79 Å². The number of amides is 1. The highest BCUT2D eigenvalue weighted by Gasteiger charge is 2.21. The number of nitrogens with zero attached hydrogens (tertiary/aromatic N) is 3. The van der Waals surface area contributed by atoms with Crippen LogP contribution in [0.2, 0.25) is 0 Å². The quantitative estimate of drug-likeness (QED) is 0.515. The van der Waals surface area contributed by atoms with Crippen LogP contribution in [0.15, 0.2) is 63.7 Å². The molecule has 0 spiro atoms. The van der Waals surface area contributed by atoms with Crippen LogP contribution in [0.3, 0.4) is 0 Å². The molecule has 0 N–H and O–H groups in total. The van der Waals surface area contributed by atoms with Gasteiger partial charge in [0.25, 0.3) is 5.91 Å². The first-order chi connectivity index (χ1) is 13.5. The van der Waals surface area contributed by atoms with Crippen LogP contribution in [0.4, 0.5) is 4.39 Å². The van der Waals surface area contributed by atoms with Crippen molar-refractivity contribution in [1.29, 1.82) is 0 Å².